The number of halogens is 2. The molecule has 1 aromatic carbocycles. The minimum Gasteiger partial charge on any atom is -0.375 e. The molecule has 1 fully saturated rings. The second-order valence-electron chi connectivity index (χ2n) is 5.21. The van der Waals surface area contributed by atoms with Crippen molar-refractivity contribution in [2.24, 2.45) is 0 Å². The van der Waals surface area contributed by atoms with E-state index < -0.39 is 0 Å². The molecule has 0 bridgehead atoms. The van der Waals surface area contributed by atoms with Crippen LogP contribution >= 0.6 is 23.2 Å². The number of benzene rings is 1. The molecule has 2 atom stereocenters. The number of carbonyl (C=O) groups is 1. The molecule has 5 heteroatoms. The Morgan fingerprint density at radius 3 is 2.60 bits per heavy atom. The van der Waals surface area contributed by atoms with E-state index in [9.17, 15) is 4.79 Å². The van der Waals surface area contributed by atoms with Crippen LogP contribution < -0.4 is 0 Å². The third kappa shape index (κ3) is 4.19. The minimum absolute atomic E-state index is 0.0180. The van der Waals surface area contributed by atoms with Gasteiger partial charge in [0, 0.05) is 10.6 Å². The van der Waals surface area contributed by atoms with E-state index in [0.29, 0.717) is 15.6 Å². The molecular formula is C15H18Cl2O3. The van der Waals surface area contributed by atoms with E-state index in [1.165, 1.54) is 0 Å². The summed E-state index contributed by atoms with van der Waals surface area (Å²) < 4.78 is 11.3. The van der Waals surface area contributed by atoms with E-state index in [0.717, 1.165) is 12.8 Å². The van der Waals surface area contributed by atoms with Gasteiger partial charge in [-0.2, -0.15) is 0 Å². The molecule has 3 nitrogen and oxygen atoms in total. The first kappa shape index (κ1) is 15.8. The molecule has 0 aliphatic carbocycles. The van der Waals surface area contributed by atoms with Gasteiger partial charge in [0.05, 0.1) is 23.3 Å². The van der Waals surface area contributed by atoms with E-state index in [4.69, 9.17) is 32.7 Å². The van der Waals surface area contributed by atoms with Gasteiger partial charge in [0.2, 0.25) is 0 Å². The summed E-state index contributed by atoms with van der Waals surface area (Å²) in [7, 11) is 0. The number of carbonyl (C=O) groups excluding carboxylic acids is 1. The van der Waals surface area contributed by atoms with Gasteiger partial charge in [-0.15, -0.1) is 0 Å². The predicted octanol–water partition coefficient (Wildman–Crippen LogP) is 4.15. The quantitative estimate of drug-likeness (QED) is 0.783. The van der Waals surface area contributed by atoms with Gasteiger partial charge in [-0.05, 0) is 44.9 Å². The average Bonchev–Trinajstić information content (AvgIpc) is 2.38. The van der Waals surface area contributed by atoms with Crippen molar-refractivity contribution in [2.75, 3.05) is 6.61 Å². The Hall–Kier alpha value is -0.610. The van der Waals surface area contributed by atoms with Crippen LogP contribution in [0.1, 0.15) is 37.0 Å². The molecule has 0 spiro atoms. The van der Waals surface area contributed by atoms with Crippen LogP contribution in [-0.2, 0) is 9.47 Å². The first-order valence-corrected chi connectivity index (χ1v) is 7.46. The first-order valence-electron chi connectivity index (χ1n) is 6.71. The lowest BCUT2D eigenvalue weighted by Gasteiger charge is -2.31. The molecular weight excluding hydrogens is 299 g/mol. The van der Waals surface area contributed by atoms with Crippen molar-refractivity contribution in [3.05, 3.63) is 33.8 Å². The zero-order chi connectivity index (χ0) is 14.7. The Bertz CT molecular complexity index is 480. The summed E-state index contributed by atoms with van der Waals surface area (Å²) in [6.45, 7) is 4.05. The van der Waals surface area contributed by atoms with Gasteiger partial charge in [-0.25, -0.2) is 0 Å². The number of ether oxygens (including phenoxy) is 2. The Labute approximate surface area is 129 Å². The topological polar surface area (TPSA) is 35.5 Å². The molecule has 1 saturated heterocycles. The zero-order valence-electron chi connectivity index (χ0n) is 11.6. The van der Waals surface area contributed by atoms with Crippen LogP contribution in [-0.4, -0.2) is 30.7 Å². The van der Waals surface area contributed by atoms with Gasteiger partial charge >= 0.3 is 0 Å². The molecule has 1 aliphatic rings. The van der Waals surface area contributed by atoms with Crippen molar-refractivity contribution in [1.82, 2.24) is 0 Å². The summed E-state index contributed by atoms with van der Waals surface area (Å²) in [5.41, 5.74) is 0.410. The van der Waals surface area contributed by atoms with Gasteiger partial charge in [0.15, 0.2) is 5.78 Å². The van der Waals surface area contributed by atoms with Crippen LogP contribution in [0.5, 0.6) is 0 Å². The molecule has 1 heterocycles. The summed E-state index contributed by atoms with van der Waals surface area (Å²) in [6, 6.07) is 4.85. The maximum atomic E-state index is 12.1. The Morgan fingerprint density at radius 1 is 1.30 bits per heavy atom. The van der Waals surface area contributed by atoms with Crippen LogP contribution in [0.3, 0.4) is 0 Å². The number of rotatable bonds is 4. The normalized spacial score (nSPS) is 26.5. The minimum atomic E-state index is -0.149. The summed E-state index contributed by atoms with van der Waals surface area (Å²) in [5, 5.41) is 0.891. The number of Topliss-reactive ketones (excluding diaryl/α,β-unsaturated/α-hetero) is 1. The van der Waals surface area contributed by atoms with Crippen LogP contribution in [0, 0.1) is 0 Å². The summed E-state index contributed by atoms with van der Waals surface area (Å²) in [4.78, 5) is 12.1. The van der Waals surface area contributed by atoms with Gasteiger partial charge < -0.3 is 9.47 Å². The highest BCUT2D eigenvalue weighted by Crippen LogP contribution is 2.24. The Balaban J connectivity index is 1.93. The van der Waals surface area contributed by atoms with Crippen LogP contribution in [0.4, 0.5) is 0 Å². The lowest BCUT2D eigenvalue weighted by atomic mass is 10.0. The van der Waals surface area contributed by atoms with Gasteiger partial charge in [0.1, 0.15) is 6.61 Å². The SMILES string of the molecule is CC1CC(OCC(=O)c2cc(Cl)ccc2Cl)CC(C)O1. The molecule has 0 saturated carbocycles. The maximum Gasteiger partial charge on any atom is 0.190 e. The van der Waals surface area contributed by atoms with Crippen molar-refractivity contribution < 1.29 is 14.3 Å². The fraction of sp³-hybridized carbons (Fsp3) is 0.533. The third-order valence-electron chi connectivity index (χ3n) is 3.33. The van der Waals surface area contributed by atoms with E-state index in [-0.39, 0.29) is 30.7 Å². The third-order valence-corrected chi connectivity index (χ3v) is 3.90. The number of hydrogen-bond donors (Lipinski definition) is 0. The van der Waals surface area contributed by atoms with Crippen molar-refractivity contribution in [2.45, 2.75) is 45.0 Å². The van der Waals surface area contributed by atoms with Gasteiger partial charge in [-0.3, -0.25) is 4.79 Å². The van der Waals surface area contributed by atoms with E-state index in [2.05, 4.69) is 0 Å². The largest absolute Gasteiger partial charge is 0.375 e. The van der Waals surface area contributed by atoms with Crippen LogP contribution in [0.15, 0.2) is 18.2 Å². The van der Waals surface area contributed by atoms with Crippen molar-refractivity contribution in [3.8, 4) is 0 Å². The molecule has 0 aromatic heterocycles. The molecule has 0 amide bonds. The molecule has 0 N–H and O–H groups in total. The number of ketones is 1. The second-order valence-corrected chi connectivity index (χ2v) is 6.05. The lowest BCUT2D eigenvalue weighted by Crippen LogP contribution is -2.35. The van der Waals surface area contributed by atoms with Crippen molar-refractivity contribution >= 4 is 29.0 Å². The highest BCUT2D eigenvalue weighted by molar-refractivity contribution is 6.35. The van der Waals surface area contributed by atoms with Crippen LogP contribution in [0.25, 0.3) is 0 Å². The smallest absolute Gasteiger partial charge is 0.190 e. The van der Waals surface area contributed by atoms with Gasteiger partial charge in [0.25, 0.3) is 0 Å². The highest BCUT2D eigenvalue weighted by Gasteiger charge is 2.25. The standard InChI is InChI=1S/C15H18Cl2O3/c1-9-5-12(6-10(2)20-9)19-8-15(18)13-7-11(16)3-4-14(13)17/h3-4,7,9-10,12H,5-6,8H2,1-2H3. The fourth-order valence-electron chi connectivity index (χ4n) is 2.46. The zero-order valence-corrected chi connectivity index (χ0v) is 13.1. The van der Waals surface area contributed by atoms with Crippen molar-refractivity contribution in [3.63, 3.8) is 0 Å². The Morgan fingerprint density at radius 2 is 1.95 bits per heavy atom. The molecule has 0 radical (unpaired) electrons. The van der Waals surface area contributed by atoms with Crippen molar-refractivity contribution in [1.29, 1.82) is 0 Å². The molecule has 1 aliphatic heterocycles. The molecule has 20 heavy (non-hydrogen) atoms. The fourth-order valence-corrected chi connectivity index (χ4v) is 2.86. The van der Waals surface area contributed by atoms with E-state index in [1.54, 1.807) is 18.2 Å². The second kappa shape index (κ2) is 6.90. The Kier molecular flexibility index (Phi) is 5.44. The average molecular weight is 317 g/mol. The molecule has 2 unspecified atom stereocenters. The summed E-state index contributed by atoms with van der Waals surface area (Å²) in [6.07, 6.45) is 1.99. The predicted molar refractivity (Wildman–Crippen MR) is 79.8 cm³/mol. The molecule has 1 aromatic rings. The van der Waals surface area contributed by atoms with Crippen LogP contribution in [0.2, 0.25) is 10.0 Å². The lowest BCUT2D eigenvalue weighted by molar-refractivity contribution is -0.0975. The maximum absolute atomic E-state index is 12.1. The molecule has 2 rings (SSSR count). The van der Waals surface area contributed by atoms with Gasteiger partial charge in [-0.1, -0.05) is 23.2 Å². The summed E-state index contributed by atoms with van der Waals surface area (Å²) >= 11 is 11.9. The van der Waals surface area contributed by atoms with E-state index in [1.807, 2.05) is 13.8 Å². The first-order chi connectivity index (χ1) is 9.45. The number of hydrogen-bond acceptors (Lipinski definition) is 3. The monoisotopic (exact) mass is 316 g/mol. The summed E-state index contributed by atoms with van der Waals surface area (Å²) in [5.74, 6) is -0.149. The highest BCUT2D eigenvalue weighted by atomic mass is 35.5. The van der Waals surface area contributed by atoms with E-state index >= 15 is 0 Å². The molecule has 110 valence electrons.